The first-order valence-corrected chi connectivity index (χ1v) is 10.1. The Hall–Kier alpha value is -2.73. The molecule has 5 nitrogen and oxygen atoms in total. The van der Waals surface area contributed by atoms with Crippen molar-refractivity contribution in [3.05, 3.63) is 64.4 Å². The van der Waals surface area contributed by atoms with Gasteiger partial charge < -0.3 is 10.6 Å². The summed E-state index contributed by atoms with van der Waals surface area (Å²) in [6, 6.07) is 15.5. The van der Waals surface area contributed by atoms with Crippen LogP contribution >= 0.6 is 11.3 Å². The number of anilines is 1. The van der Waals surface area contributed by atoms with Gasteiger partial charge in [0, 0.05) is 22.5 Å². The minimum absolute atomic E-state index is 0.0466. The second kappa shape index (κ2) is 9.28. The van der Waals surface area contributed by atoms with Gasteiger partial charge in [0.05, 0.1) is 11.7 Å². The van der Waals surface area contributed by atoms with Crippen LogP contribution in [0.1, 0.15) is 48.0 Å². The van der Waals surface area contributed by atoms with E-state index in [4.69, 9.17) is 0 Å². The predicted molar refractivity (Wildman–Crippen MR) is 111 cm³/mol. The number of carbonyl (C=O) groups excluding carboxylic acids is 1. The van der Waals surface area contributed by atoms with Crippen LogP contribution in [0, 0.1) is 0 Å². The normalized spacial score (nSPS) is 11.8. The van der Waals surface area contributed by atoms with Crippen molar-refractivity contribution in [2.45, 2.75) is 32.7 Å². The van der Waals surface area contributed by atoms with Crippen LogP contribution in [0.2, 0.25) is 0 Å². The first-order valence-electron chi connectivity index (χ1n) is 9.23. The lowest BCUT2D eigenvalue weighted by Crippen LogP contribution is -2.28. The Morgan fingerprint density at radius 3 is 2.67 bits per heavy atom. The molecular formula is C21H24N4OS. The summed E-state index contributed by atoms with van der Waals surface area (Å²) in [7, 11) is 0. The van der Waals surface area contributed by atoms with Gasteiger partial charge in [-0.25, -0.2) is 0 Å². The molecule has 3 rings (SSSR count). The van der Waals surface area contributed by atoms with Crippen LogP contribution in [0.15, 0.2) is 53.9 Å². The molecule has 1 amide bonds. The average Bonchev–Trinajstić information content (AvgIpc) is 3.23. The SMILES string of the molecule is CCC[C@H](NC(=O)c1cccc(-c2ccc(NCC)nn2)c1)c1cccs1. The number of aromatic nitrogens is 2. The van der Waals surface area contributed by atoms with Crippen molar-refractivity contribution in [3.8, 4) is 11.3 Å². The lowest BCUT2D eigenvalue weighted by atomic mass is 10.1. The third-order valence-corrected chi connectivity index (χ3v) is 5.20. The second-order valence-corrected chi connectivity index (χ2v) is 7.22. The van der Waals surface area contributed by atoms with Crippen LogP contribution < -0.4 is 10.6 Å². The van der Waals surface area contributed by atoms with Gasteiger partial charge in [-0.3, -0.25) is 4.79 Å². The van der Waals surface area contributed by atoms with Crippen LogP contribution in [-0.2, 0) is 0 Å². The summed E-state index contributed by atoms with van der Waals surface area (Å²) >= 11 is 1.67. The molecule has 0 saturated carbocycles. The maximum atomic E-state index is 12.8. The van der Waals surface area contributed by atoms with Crippen LogP contribution in [0.3, 0.4) is 0 Å². The molecular weight excluding hydrogens is 356 g/mol. The first kappa shape index (κ1) is 19.0. The molecule has 2 heterocycles. The van der Waals surface area contributed by atoms with Gasteiger partial charge in [0.1, 0.15) is 5.82 Å². The number of thiophene rings is 1. The minimum atomic E-state index is -0.0686. The van der Waals surface area contributed by atoms with Gasteiger partial charge in [-0.15, -0.1) is 21.5 Å². The molecule has 27 heavy (non-hydrogen) atoms. The highest BCUT2D eigenvalue weighted by atomic mass is 32.1. The molecule has 2 aromatic heterocycles. The standard InChI is InChI=1S/C21H24N4OS/c1-3-7-18(19-10-6-13-27-19)23-21(26)16-9-5-8-15(14-16)17-11-12-20(22-4-2)25-24-17/h5-6,8-14,18H,3-4,7H2,1-2H3,(H,22,25)(H,23,26)/t18-/m0/s1. The zero-order chi connectivity index (χ0) is 19.1. The van der Waals surface area contributed by atoms with Crippen molar-refractivity contribution in [2.24, 2.45) is 0 Å². The van der Waals surface area contributed by atoms with E-state index in [9.17, 15) is 4.79 Å². The van der Waals surface area contributed by atoms with E-state index in [0.717, 1.165) is 36.5 Å². The molecule has 0 aliphatic carbocycles. The predicted octanol–water partition coefficient (Wildman–Crippen LogP) is 4.91. The number of benzene rings is 1. The quantitative estimate of drug-likeness (QED) is 0.583. The topological polar surface area (TPSA) is 66.9 Å². The van der Waals surface area contributed by atoms with Crippen molar-refractivity contribution in [1.29, 1.82) is 0 Å². The summed E-state index contributed by atoms with van der Waals surface area (Å²) in [4.78, 5) is 14.0. The largest absolute Gasteiger partial charge is 0.369 e. The van der Waals surface area contributed by atoms with Gasteiger partial charge in [0.2, 0.25) is 0 Å². The Morgan fingerprint density at radius 1 is 1.11 bits per heavy atom. The van der Waals surface area contributed by atoms with Gasteiger partial charge >= 0.3 is 0 Å². The van der Waals surface area contributed by atoms with E-state index in [2.05, 4.69) is 33.8 Å². The van der Waals surface area contributed by atoms with E-state index in [1.165, 1.54) is 4.88 Å². The molecule has 2 N–H and O–H groups in total. The van der Waals surface area contributed by atoms with Crippen LogP contribution in [0.25, 0.3) is 11.3 Å². The number of hydrogen-bond donors (Lipinski definition) is 2. The van der Waals surface area contributed by atoms with E-state index < -0.39 is 0 Å². The molecule has 140 valence electrons. The number of hydrogen-bond acceptors (Lipinski definition) is 5. The Kier molecular flexibility index (Phi) is 6.54. The van der Waals surface area contributed by atoms with E-state index in [1.807, 2.05) is 54.8 Å². The van der Waals surface area contributed by atoms with Gasteiger partial charge in [-0.1, -0.05) is 31.5 Å². The first-order chi connectivity index (χ1) is 13.2. The van der Waals surface area contributed by atoms with Crippen molar-refractivity contribution in [2.75, 3.05) is 11.9 Å². The fourth-order valence-corrected chi connectivity index (χ4v) is 3.70. The number of amides is 1. The zero-order valence-electron chi connectivity index (χ0n) is 15.6. The highest BCUT2D eigenvalue weighted by molar-refractivity contribution is 7.10. The van der Waals surface area contributed by atoms with Crippen molar-refractivity contribution in [1.82, 2.24) is 15.5 Å². The van der Waals surface area contributed by atoms with Gasteiger partial charge in [0.15, 0.2) is 0 Å². The average molecular weight is 381 g/mol. The molecule has 1 atom stereocenters. The third-order valence-electron chi connectivity index (χ3n) is 4.21. The van der Waals surface area contributed by atoms with Crippen LogP contribution in [-0.4, -0.2) is 22.6 Å². The molecule has 6 heteroatoms. The van der Waals surface area contributed by atoms with E-state index in [0.29, 0.717) is 5.56 Å². The monoisotopic (exact) mass is 380 g/mol. The number of nitrogens with zero attached hydrogens (tertiary/aromatic N) is 2. The molecule has 0 unspecified atom stereocenters. The third kappa shape index (κ3) is 4.92. The molecule has 0 bridgehead atoms. The Bertz CT molecular complexity index is 862. The Labute approximate surface area is 163 Å². The van der Waals surface area contributed by atoms with E-state index in [1.54, 1.807) is 11.3 Å². The molecule has 0 aliphatic rings. The highest BCUT2D eigenvalue weighted by Crippen LogP contribution is 2.24. The zero-order valence-corrected chi connectivity index (χ0v) is 16.4. The van der Waals surface area contributed by atoms with E-state index >= 15 is 0 Å². The second-order valence-electron chi connectivity index (χ2n) is 6.25. The Balaban J connectivity index is 1.76. The molecule has 0 fully saturated rings. The van der Waals surface area contributed by atoms with Gasteiger partial charge in [-0.05, 0) is 49.1 Å². The smallest absolute Gasteiger partial charge is 0.251 e. The summed E-state index contributed by atoms with van der Waals surface area (Å²) in [6.07, 6.45) is 1.93. The van der Waals surface area contributed by atoms with Crippen LogP contribution in [0.5, 0.6) is 0 Å². The lowest BCUT2D eigenvalue weighted by molar-refractivity contribution is 0.0935. The molecule has 3 aromatic rings. The van der Waals surface area contributed by atoms with Crippen molar-refractivity contribution >= 4 is 23.1 Å². The lowest BCUT2D eigenvalue weighted by Gasteiger charge is -2.17. The summed E-state index contributed by atoms with van der Waals surface area (Å²) in [5.74, 6) is 0.675. The van der Waals surface area contributed by atoms with Gasteiger partial charge in [0.25, 0.3) is 5.91 Å². The number of nitrogens with one attached hydrogen (secondary N) is 2. The molecule has 0 radical (unpaired) electrons. The molecule has 0 aliphatic heterocycles. The number of carbonyl (C=O) groups is 1. The molecule has 0 saturated heterocycles. The minimum Gasteiger partial charge on any atom is -0.369 e. The summed E-state index contributed by atoms with van der Waals surface area (Å²) in [6.45, 7) is 4.94. The maximum Gasteiger partial charge on any atom is 0.251 e. The van der Waals surface area contributed by atoms with Crippen LogP contribution in [0.4, 0.5) is 5.82 Å². The van der Waals surface area contributed by atoms with Crippen molar-refractivity contribution < 1.29 is 4.79 Å². The summed E-state index contributed by atoms with van der Waals surface area (Å²) in [5, 5.41) is 16.8. The highest BCUT2D eigenvalue weighted by Gasteiger charge is 2.16. The number of rotatable bonds is 8. The van der Waals surface area contributed by atoms with E-state index in [-0.39, 0.29) is 11.9 Å². The van der Waals surface area contributed by atoms with Gasteiger partial charge in [-0.2, -0.15) is 0 Å². The maximum absolute atomic E-state index is 12.8. The van der Waals surface area contributed by atoms with Crippen molar-refractivity contribution in [3.63, 3.8) is 0 Å². The summed E-state index contributed by atoms with van der Waals surface area (Å²) in [5.41, 5.74) is 2.25. The molecule has 1 aromatic carbocycles. The fourth-order valence-electron chi connectivity index (χ4n) is 2.89. The fraction of sp³-hybridized carbons (Fsp3) is 0.286. The summed E-state index contributed by atoms with van der Waals surface area (Å²) < 4.78 is 0. The molecule has 0 spiro atoms. The Morgan fingerprint density at radius 2 is 2.00 bits per heavy atom.